The van der Waals surface area contributed by atoms with Gasteiger partial charge in [0.05, 0.1) is 12.1 Å². The van der Waals surface area contributed by atoms with Crippen LogP contribution in [0.5, 0.6) is 5.75 Å². The number of hydrogen-bond donors (Lipinski definition) is 1. The average Bonchev–Trinajstić information content (AvgIpc) is 2.62. The quantitative estimate of drug-likeness (QED) is 0.772. The molecule has 1 aliphatic heterocycles. The zero-order valence-electron chi connectivity index (χ0n) is 14.1. The molecule has 0 amide bonds. The van der Waals surface area contributed by atoms with Crippen molar-refractivity contribution < 1.29 is 9.53 Å². The first-order valence-electron chi connectivity index (χ1n) is 8.07. The maximum Gasteiger partial charge on any atom is 0.192 e. The van der Waals surface area contributed by atoms with E-state index in [1.165, 1.54) is 0 Å². The smallest absolute Gasteiger partial charge is 0.192 e. The lowest BCUT2D eigenvalue weighted by atomic mass is 9.85. The molecule has 0 saturated carbocycles. The molecule has 1 unspecified atom stereocenters. The van der Waals surface area contributed by atoms with Gasteiger partial charge in [-0.3, -0.25) is 4.79 Å². The number of methoxy groups -OCH3 is 1. The van der Waals surface area contributed by atoms with E-state index in [1.807, 2.05) is 48.5 Å². The number of hydrogen-bond acceptors (Lipinski definition) is 4. The Morgan fingerprint density at radius 3 is 2.62 bits per heavy atom. The summed E-state index contributed by atoms with van der Waals surface area (Å²) in [6.45, 7) is 4.18. The van der Waals surface area contributed by atoms with Crippen LogP contribution in [-0.2, 0) is 0 Å². The van der Waals surface area contributed by atoms with Gasteiger partial charge in [-0.05, 0) is 29.5 Å². The van der Waals surface area contributed by atoms with E-state index in [1.54, 1.807) is 18.9 Å². The van der Waals surface area contributed by atoms with Crippen LogP contribution in [-0.4, -0.2) is 18.6 Å². The molecular formula is C20H21NO2S. The van der Waals surface area contributed by atoms with E-state index in [2.05, 4.69) is 19.2 Å². The summed E-state index contributed by atoms with van der Waals surface area (Å²) in [6.07, 6.45) is 0. The van der Waals surface area contributed by atoms with Crippen molar-refractivity contribution in [1.82, 2.24) is 0 Å². The van der Waals surface area contributed by atoms with Crippen molar-refractivity contribution >= 4 is 23.2 Å². The van der Waals surface area contributed by atoms with Crippen LogP contribution in [0.4, 0.5) is 5.69 Å². The maximum absolute atomic E-state index is 13.1. The molecule has 0 aliphatic carbocycles. The summed E-state index contributed by atoms with van der Waals surface area (Å²) in [5, 5.41) is 4.40. The Balaban J connectivity index is 2.07. The minimum absolute atomic E-state index is 0.0121. The normalized spacial score (nSPS) is 16.4. The Labute approximate surface area is 147 Å². The molecule has 0 radical (unpaired) electrons. The fraction of sp³-hybridized carbons (Fsp3) is 0.250. The SMILES string of the molecule is CCSC1=C(C(=O)c2ccccc2)C(C)c2cc(OC)ccc2N1. The first-order chi connectivity index (χ1) is 11.7. The van der Waals surface area contributed by atoms with Crippen molar-refractivity contribution in [3.05, 3.63) is 70.3 Å². The molecule has 3 rings (SSSR count). The number of ether oxygens (including phenoxy) is 1. The van der Waals surface area contributed by atoms with Gasteiger partial charge < -0.3 is 10.1 Å². The fourth-order valence-electron chi connectivity index (χ4n) is 2.98. The fourth-order valence-corrected chi connectivity index (χ4v) is 3.88. The molecule has 4 heteroatoms. The van der Waals surface area contributed by atoms with Gasteiger partial charge in [0.15, 0.2) is 5.78 Å². The molecule has 24 heavy (non-hydrogen) atoms. The lowest BCUT2D eigenvalue weighted by Gasteiger charge is -2.29. The minimum atomic E-state index is 0.0121. The van der Waals surface area contributed by atoms with Gasteiger partial charge in [0.1, 0.15) is 5.75 Å². The maximum atomic E-state index is 13.1. The highest BCUT2D eigenvalue weighted by Gasteiger charge is 2.30. The van der Waals surface area contributed by atoms with Gasteiger partial charge in [0, 0.05) is 22.7 Å². The van der Waals surface area contributed by atoms with Gasteiger partial charge in [-0.1, -0.05) is 44.2 Å². The Hall–Kier alpha value is -2.20. The molecular weight excluding hydrogens is 318 g/mol. The Kier molecular flexibility index (Phi) is 4.95. The summed E-state index contributed by atoms with van der Waals surface area (Å²) in [7, 11) is 1.66. The van der Waals surface area contributed by atoms with Crippen LogP contribution in [0.15, 0.2) is 59.1 Å². The molecule has 1 N–H and O–H groups in total. The van der Waals surface area contributed by atoms with Crippen molar-refractivity contribution in [2.45, 2.75) is 19.8 Å². The average molecular weight is 339 g/mol. The predicted octanol–water partition coefficient (Wildman–Crippen LogP) is 5.07. The third-order valence-electron chi connectivity index (χ3n) is 4.22. The largest absolute Gasteiger partial charge is 0.497 e. The topological polar surface area (TPSA) is 38.3 Å². The van der Waals surface area contributed by atoms with Crippen LogP contribution in [0, 0.1) is 0 Å². The van der Waals surface area contributed by atoms with Crippen molar-refractivity contribution in [1.29, 1.82) is 0 Å². The number of rotatable bonds is 5. The molecule has 1 heterocycles. The number of benzene rings is 2. The highest BCUT2D eigenvalue weighted by molar-refractivity contribution is 8.03. The lowest BCUT2D eigenvalue weighted by Crippen LogP contribution is -2.21. The third-order valence-corrected chi connectivity index (χ3v) is 5.12. The number of Topliss-reactive ketones (excluding diaryl/α,β-unsaturated/α-hetero) is 1. The van der Waals surface area contributed by atoms with E-state index in [0.29, 0.717) is 0 Å². The van der Waals surface area contributed by atoms with Crippen LogP contribution < -0.4 is 10.1 Å². The number of carbonyl (C=O) groups excluding carboxylic acids is 1. The highest BCUT2D eigenvalue weighted by Crippen LogP contribution is 2.43. The molecule has 2 aromatic carbocycles. The summed E-state index contributed by atoms with van der Waals surface area (Å²) >= 11 is 1.68. The second kappa shape index (κ2) is 7.14. The summed E-state index contributed by atoms with van der Waals surface area (Å²) in [5.74, 6) is 1.81. The van der Waals surface area contributed by atoms with Gasteiger partial charge in [0.2, 0.25) is 0 Å². The van der Waals surface area contributed by atoms with Crippen LogP contribution in [0.2, 0.25) is 0 Å². The number of fused-ring (bicyclic) bond motifs is 1. The molecule has 1 atom stereocenters. The van der Waals surface area contributed by atoms with E-state index >= 15 is 0 Å². The third kappa shape index (κ3) is 3.06. The molecule has 2 aromatic rings. The number of nitrogens with one attached hydrogen (secondary N) is 1. The molecule has 0 bridgehead atoms. The van der Waals surface area contributed by atoms with Crippen molar-refractivity contribution in [3.63, 3.8) is 0 Å². The van der Waals surface area contributed by atoms with Crippen LogP contribution in [0.1, 0.15) is 35.7 Å². The van der Waals surface area contributed by atoms with E-state index in [0.717, 1.165) is 38.9 Å². The van der Waals surface area contributed by atoms with E-state index in [9.17, 15) is 4.79 Å². The van der Waals surface area contributed by atoms with Gasteiger partial charge in [-0.15, -0.1) is 11.8 Å². The molecule has 124 valence electrons. The minimum Gasteiger partial charge on any atom is -0.497 e. The van der Waals surface area contributed by atoms with Gasteiger partial charge in [-0.25, -0.2) is 0 Å². The molecule has 3 nitrogen and oxygen atoms in total. The second-order valence-corrected chi connectivity index (χ2v) is 6.95. The van der Waals surface area contributed by atoms with E-state index < -0.39 is 0 Å². The first-order valence-corrected chi connectivity index (χ1v) is 9.06. The Morgan fingerprint density at radius 2 is 1.96 bits per heavy atom. The zero-order valence-corrected chi connectivity index (χ0v) is 14.9. The van der Waals surface area contributed by atoms with Gasteiger partial charge >= 0.3 is 0 Å². The monoisotopic (exact) mass is 339 g/mol. The van der Waals surface area contributed by atoms with Crippen LogP contribution in [0.3, 0.4) is 0 Å². The van der Waals surface area contributed by atoms with Gasteiger partial charge in [0.25, 0.3) is 0 Å². The van der Waals surface area contributed by atoms with E-state index in [-0.39, 0.29) is 11.7 Å². The van der Waals surface area contributed by atoms with Crippen molar-refractivity contribution in [3.8, 4) is 5.75 Å². The number of carbonyl (C=O) groups is 1. The summed E-state index contributed by atoms with van der Waals surface area (Å²) in [6, 6.07) is 15.4. The zero-order chi connectivity index (χ0) is 17.1. The molecule has 0 fully saturated rings. The molecule has 0 aromatic heterocycles. The number of ketones is 1. The summed E-state index contributed by atoms with van der Waals surface area (Å²) in [4.78, 5) is 13.1. The van der Waals surface area contributed by atoms with Gasteiger partial charge in [-0.2, -0.15) is 0 Å². The van der Waals surface area contributed by atoms with Crippen LogP contribution >= 0.6 is 11.8 Å². The predicted molar refractivity (Wildman–Crippen MR) is 101 cm³/mol. The molecule has 0 spiro atoms. The van der Waals surface area contributed by atoms with Crippen molar-refractivity contribution in [2.75, 3.05) is 18.2 Å². The van der Waals surface area contributed by atoms with E-state index in [4.69, 9.17) is 4.74 Å². The number of thioether (sulfide) groups is 1. The number of anilines is 1. The summed E-state index contributed by atoms with van der Waals surface area (Å²) < 4.78 is 5.35. The molecule has 0 saturated heterocycles. The second-order valence-electron chi connectivity index (χ2n) is 5.67. The Bertz CT molecular complexity index is 783. The summed E-state index contributed by atoms with van der Waals surface area (Å²) in [5.41, 5.74) is 3.69. The standard InChI is InChI=1S/C20H21NO2S/c1-4-24-20-18(19(22)14-8-6-5-7-9-14)13(2)16-12-15(23-3)10-11-17(16)21-20/h5-13,21H,4H2,1-3H3. The molecule has 1 aliphatic rings. The highest BCUT2D eigenvalue weighted by atomic mass is 32.2. The first kappa shape index (κ1) is 16.7. The lowest BCUT2D eigenvalue weighted by molar-refractivity contribution is 0.102. The Morgan fingerprint density at radius 1 is 1.21 bits per heavy atom. The van der Waals surface area contributed by atoms with Crippen molar-refractivity contribution in [2.24, 2.45) is 0 Å². The van der Waals surface area contributed by atoms with Crippen LogP contribution in [0.25, 0.3) is 0 Å². The number of allylic oxidation sites excluding steroid dienone is 1.